The molecule has 2 N–H and O–H groups in total. The number of halogens is 4. The Labute approximate surface area is 239 Å². The van der Waals surface area contributed by atoms with Crippen molar-refractivity contribution in [2.45, 2.75) is 32.1 Å². The summed E-state index contributed by atoms with van der Waals surface area (Å²) >= 11 is 0. The lowest BCUT2D eigenvalue weighted by atomic mass is 10.0. The molecule has 3 aromatic rings. The number of rotatable bonds is 5. The van der Waals surface area contributed by atoms with Gasteiger partial charge in [-0.05, 0) is 39.1 Å². The van der Waals surface area contributed by atoms with E-state index in [4.69, 9.17) is 4.74 Å². The molecule has 1 aromatic carbocycles. The van der Waals surface area contributed by atoms with E-state index in [9.17, 15) is 22.8 Å². The second-order valence-electron chi connectivity index (χ2n) is 10.5. The number of hydrogen-bond acceptors (Lipinski definition) is 8. The number of amides is 1. The average Bonchev–Trinajstić information content (AvgIpc) is 2.96. The quantitative estimate of drug-likeness (QED) is 0.435. The number of likely N-dealkylation sites (N-methyl/N-ethyl adjacent to an activating group) is 1. The molecule has 2 aliphatic rings. The Morgan fingerprint density at radius 1 is 1.10 bits per heavy atom. The summed E-state index contributed by atoms with van der Waals surface area (Å²) in [4.78, 5) is 41.9. The molecule has 2 atom stereocenters. The fraction of sp³-hybridized carbons (Fsp3) is 0.429. The average molecular weight is 590 g/mol. The number of benzene rings is 1. The van der Waals surface area contributed by atoms with Crippen LogP contribution in [0.1, 0.15) is 29.8 Å². The number of piperazine rings is 1. The summed E-state index contributed by atoms with van der Waals surface area (Å²) in [5, 5.41) is 2.56. The van der Waals surface area contributed by atoms with Gasteiger partial charge in [0.05, 0.1) is 41.4 Å². The Hall–Kier alpha value is -4.04. The van der Waals surface area contributed by atoms with Crippen molar-refractivity contribution in [2.75, 3.05) is 61.6 Å². The first-order chi connectivity index (χ1) is 19.9. The topological polar surface area (TPSA) is 107 Å². The minimum atomic E-state index is -4.95. The van der Waals surface area contributed by atoms with E-state index in [1.807, 2.05) is 30.7 Å². The number of carbonyl (C=O) groups is 1. The zero-order valence-electron chi connectivity index (χ0n) is 23.3. The number of anilines is 3. The minimum absolute atomic E-state index is 0.0405. The molecule has 10 nitrogen and oxygen atoms in total. The Morgan fingerprint density at radius 2 is 1.79 bits per heavy atom. The molecule has 2 unspecified atom stereocenters. The number of ether oxygens (including phenoxy) is 1. The van der Waals surface area contributed by atoms with Crippen LogP contribution in [0.2, 0.25) is 0 Å². The highest BCUT2D eigenvalue weighted by molar-refractivity contribution is 6.07. The number of hydrogen-bond donors (Lipinski definition) is 2. The zero-order valence-corrected chi connectivity index (χ0v) is 23.3. The van der Waals surface area contributed by atoms with Crippen LogP contribution in [-0.2, 0) is 10.9 Å². The van der Waals surface area contributed by atoms with E-state index in [0.29, 0.717) is 57.1 Å². The van der Waals surface area contributed by atoms with Gasteiger partial charge in [0.2, 0.25) is 11.5 Å². The van der Waals surface area contributed by atoms with Crippen molar-refractivity contribution in [2.24, 2.45) is 0 Å². The Balaban J connectivity index is 1.58. The van der Waals surface area contributed by atoms with Crippen LogP contribution in [0.25, 0.3) is 11.3 Å². The highest BCUT2D eigenvalue weighted by atomic mass is 19.4. The lowest BCUT2D eigenvalue weighted by Gasteiger charge is -2.44. The van der Waals surface area contributed by atoms with Gasteiger partial charge in [0.1, 0.15) is 5.82 Å². The molecular weight excluding hydrogens is 558 g/mol. The van der Waals surface area contributed by atoms with E-state index in [1.54, 1.807) is 0 Å². The Kier molecular flexibility index (Phi) is 8.19. The van der Waals surface area contributed by atoms with Gasteiger partial charge in [0.15, 0.2) is 0 Å². The molecule has 2 aliphatic heterocycles. The molecule has 0 spiro atoms. The summed E-state index contributed by atoms with van der Waals surface area (Å²) in [6.07, 6.45) is -2.72. The van der Waals surface area contributed by atoms with Gasteiger partial charge in [-0.1, -0.05) is 0 Å². The third-order valence-corrected chi connectivity index (χ3v) is 7.72. The Morgan fingerprint density at radius 3 is 2.45 bits per heavy atom. The zero-order chi connectivity index (χ0) is 30.2. The maximum atomic E-state index is 15.8. The molecule has 5 rings (SSSR count). The molecule has 1 amide bonds. The van der Waals surface area contributed by atoms with Crippen molar-refractivity contribution in [1.82, 2.24) is 19.9 Å². The fourth-order valence-corrected chi connectivity index (χ4v) is 5.22. The van der Waals surface area contributed by atoms with Gasteiger partial charge in [0.25, 0.3) is 5.91 Å². The summed E-state index contributed by atoms with van der Waals surface area (Å²) in [7, 11) is 1.98. The number of alkyl halides is 3. The lowest BCUT2D eigenvalue weighted by molar-refractivity contribution is -0.138. The molecule has 14 heteroatoms. The van der Waals surface area contributed by atoms with Gasteiger partial charge >= 0.3 is 6.18 Å². The highest BCUT2D eigenvalue weighted by Gasteiger charge is 2.36. The van der Waals surface area contributed by atoms with Crippen molar-refractivity contribution in [1.29, 1.82) is 0 Å². The minimum Gasteiger partial charge on any atom is -0.378 e. The molecule has 0 saturated carbocycles. The van der Waals surface area contributed by atoms with Crippen LogP contribution in [0.3, 0.4) is 0 Å². The maximum absolute atomic E-state index is 15.8. The molecule has 0 bridgehead atoms. The lowest BCUT2D eigenvalue weighted by Crippen LogP contribution is -2.55. The first kappa shape index (κ1) is 29.5. The van der Waals surface area contributed by atoms with Crippen LogP contribution in [0, 0.1) is 5.82 Å². The van der Waals surface area contributed by atoms with Crippen molar-refractivity contribution >= 4 is 23.2 Å². The summed E-state index contributed by atoms with van der Waals surface area (Å²) in [5.74, 6) is -1.34. The summed E-state index contributed by atoms with van der Waals surface area (Å²) in [5.41, 5.74) is -2.44. The van der Waals surface area contributed by atoms with Crippen LogP contribution in [-0.4, -0.2) is 84.3 Å². The maximum Gasteiger partial charge on any atom is 0.417 e. The van der Waals surface area contributed by atoms with E-state index >= 15 is 4.39 Å². The monoisotopic (exact) mass is 589 g/mol. The SMILES string of the molecule is CC1CN(c2cc(F)c(-c3ccnc(N4CCOCC4)n3)cc2NC(=O)c2c[nH]c(=O)cc2C(F)(F)F)CC(C)N1C. The molecule has 0 aliphatic carbocycles. The summed E-state index contributed by atoms with van der Waals surface area (Å²) < 4.78 is 62.4. The molecule has 4 heterocycles. The molecule has 224 valence electrons. The van der Waals surface area contributed by atoms with Gasteiger partial charge in [-0.2, -0.15) is 13.2 Å². The predicted molar refractivity (Wildman–Crippen MR) is 149 cm³/mol. The molecular formula is C28H31F4N7O3. The number of carbonyl (C=O) groups excluding carboxylic acids is 1. The number of pyridine rings is 1. The van der Waals surface area contributed by atoms with E-state index in [-0.39, 0.29) is 29.0 Å². The van der Waals surface area contributed by atoms with Crippen molar-refractivity contribution < 1.29 is 27.1 Å². The number of aromatic nitrogens is 3. The van der Waals surface area contributed by atoms with Gasteiger partial charge in [0, 0.05) is 62.3 Å². The predicted octanol–water partition coefficient (Wildman–Crippen LogP) is 3.61. The van der Waals surface area contributed by atoms with Crippen molar-refractivity contribution in [3.05, 3.63) is 64.0 Å². The summed E-state index contributed by atoms with van der Waals surface area (Å²) in [6.45, 7) is 7.12. The number of morpholine rings is 1. The van der Waals surface area contributed by atoms with E-state index in [0.717, 1.165) is 6.20 Å². The van der Waals surface area contributed by atoms with E-state index < -0.39 is 34.6 Å². The van der Waals surface area contributed by atoms with Crippen molar-refractivity contribution in [3.63, 3.8) is 0 Å². The second-order valence-corrected chi connectivity index (χ2v) is 10.5. The van der Waals surface area contributed by atoms with E-state index in [2.05, 4.69) is 25.2 Å². The van der Waals surface area contributed by atoms with Crippen LogP contribution in [0.15, 0.2) is 41.5 Å². The van der Waals surface area contributed by atoms with E-state index in [1.165, 1.54) is 24.4 Å². The molecule has 2 saturated heterocycles. The van der Waals surface area contributed by atoms with Crippen molar-refractivity contribution in [3.8, 4) is 11.3 Å². The van der Waals surface area contributed by atoms with Gasteiger partial charge in [-0.25, -0.2) is 14.4 Å². The highest BCUT2D eigenvalue weighted by Crippen LogP contribution is 2.37. The number of nitrogens with one attached hydrogen (secondary N) is 2. The largest absolute Gasteiger partial charge is 0.417 e. The third-order valence-electron chi connectivity index (χ3n) is 7.72. The van der Waals surface area contributed by atoms with Gasteiger partial charge < -0.3 is 24.8 Å². The fourth-order valence-electron chi connectivity index (χ4n) is 5.22. The smallest absolute Gasteiger partial charge is 0.378 e. The summed E-state index contributed by atoms with van der Waals surface area (Å²) in [6, 6.07) is 4.66. The first-order valence-corrected chi connectivity index (χ1v) is 13.5. The second kappa shape index (κ2) is 11.7. The normalized spacial score (nSPS) is 20.1. The molecule has 0 radical (unpaired) electrons. The van der Waals surface area contributed by atoms with Crippen LogP contribution in [0.4, 0.5) is 34.9 Å². The standard InChI is InChI=1S/C28H31F4N7O3/c1-16-14-39(15-17(2)37(16)3)24-12-21(29)18(22-4-5-33-27(36-22)38-6-8-42-9-7-38)10-23(24)35-26(41)19-13-34-25(40)11-20(19)28(30,31)32/h4-5,10-13,16-17H,6-9,14-15H2,1-3H3,(H,34,40)(H,35,41). The van der Waals surface area contributed by atoms with Crippen LogP contribution in [0.5, 0.6) is 0 Å². The first-order valence-electron chi connectivity index (χ1n) is 13.5. The van der Waals surface area contributed by atoms with Gasteiger partial charge in [-0.15, -0.1) is 0 Å². The third kappa shape index (κ3) is 6.09. The molecule has 2 fully saturated rings. The number of nitrogens with zero attached hydrogens (tertiary/aromatic N) is 5. The Bertz CT molecular complexity index is 1510. The molecule has 42 heavy (non-hydrogen) atoms. The van der Waals surface area contributed by atoms with Crippen LogP contribution < -0.4 is 20.7 Å². The number of aromatic amines is 1. The molecule has 2 aromatic heterocycles. The number of H-pyrrole nitrogens is 1. The van der Waals surface area contributed by atoms with Gasteiger partial charge in [-0.3, -0.25) is 14.5 Å². The van der Waals surface area contributed by atoms with Crippen LogP contribution >= 0.6 is 0 Å².